The number of benzene rings is 1. The van der Waals surface area contributed by atoms with Crippen molar-refractivity contribution in [3.63, 3.8) is 0 Å². The van der Waals surface area contributed by atoms with Gasteiger partial charge in [-0.2, -0.15) is 0 Å². The summed E-state index contributed by atoms with van der Waals surface area (Å²) in [6, 6.07) is 6.77. The number of amides is 1. The minimum absolute atomic E-state index is 0.0354. The second-order valence-electron chi connectivity index (χ2n) is 4.35. The molecule has 1 spiro atoms. The molecule has 1 unspecified atom stereocenters. The Labute approximate surface area is 98.7 Å². The zero-order valence-electron chi connectivity index (χ0n) is 8.97. The van der Waals surface area contributed by atoms with Crippen LogP contribution in [0.25, 0.3) is 0 Å². The summed E-state index contributed by atoms with van der Waals surface area (Å²) < 4.78 is 28.8. The van der Waals surface area contributed by atoms with Crippen LogP contribution in [-0.2, 0) is 20.1 Å². The molecular weight excluding hydrogens is 242 g/mol. The molecule has 1 amide bonds. The van der Waals surface area contributed by atoms with Crippen LogP contribution in [0.5, 0.6) is 0 Å². The molecule has 1 fully saturated rings. The Morgan fingerprint density at radius 3 is 2.76 bits per heavy atom. The maximum atomic E-state index is 11.9. The van der Waals surface area contributed by atoms with Gasteiger partial charge in [0.05, 0.1) is 10.6 Å². The molecule has 1 N–H and O–H groups in total. The highest BCUT2D eigenvalue weighted by atomic mass is 32.2. The lowest BCUT2D eigenvalue weighted by atomic mass is 9.88. The van der Waals surface area contributed by atoms with E-state index in [-0.39, 0.29) is 12.4 Å². The van der Waals surface area contributed by atoms with Crippen LogP contribution >= 0.6 is 0 Å². The van der Waals surface area contributed by atoms with E-state index in [0.29, 0.717) is 16.9 Å². The lowest BCUT2D eigenvalue weighted by Crippen LogP contribution is -2.45. The first-order valence-electron chi connectivity index (χ1n) is 5.31. The molecule has 0 radical (unpaired) electrons. The average molecular weight is 253 g/mol. The molecule has 1 saturated heterocycles. The van der Waals surface area contributed by atoms with Crippen molar-refractivity contribution in [3.8, 4) is 0 Å². The number of fused-ring (bicyclic) bond motifs is 2. The minimum atomic E-state index is -3.23. The number of carbonyl (C=O) groups excluding carboxylic acids is 1. The second kappa shape index (κ2) is 3.22. The van der Waals surface area contributed by atoms with Crippen molar-refractivity contribution in [1.29, 1.82) is 0 Å². The van der Waals surface area contributed by atoms with Crippen LogP contribution in [0.15, 0.2) is 29.2 Å². The van der Waals surface area contributed by atoms with Gasteiger partial charge in [-0.3, -0.25) is 0 Å². The molecule has 6 heteroatoms. The number of sulfone groups is 1. The fraction of sp³-hybridized carbons (Fsp3) is 0.364. The van der Waals surface area contributed by atoms with Crippen LogP contribution in [0.3, 0.4) is 0 Å². The molecule has 2 aliphatic rings. The molecule has 1 atom stereocenters. The predicted octanol–water partition coefficient (Wildman–Crippen LogP) is 0.799. The van der Waals surface area contributed by atoms with E-state index in [1.807, 2.05) is 0 Å². The normalized spacial score (nSPS) is 29.5. The highest BCUT2D eigenvalue weighted by Gasteiger charge is 2.47. The van der Waals surface area contributed by atoms with Crippen molar-refractivity contribution in [1.82, 2.24) is 5.32 Å². The van der Waals surface area contributed by atoms with Crippen LogP contribution in [-0.4, -0.2) is 26.9 Å². The van der Waals surface area contributed by atoms with Crippen molar-refractivity contribution >= 4 is 15.9 Å². The summed E-state index contributed by atoms with van der Waals surface area (Å²) in [5, 5.41) is 2.74. The Morgan fingerprint density at radius 2 is 2.06 bits per heavy atom. The fourth-order valence-corrected chi connectivity index (χ4v) is 4.14. The Balaban J connectivity index is 2.22. The average Bonchev–Trinajstić information content (AvgIpc) is 2.69. The summed E-state index contributed by atoms with van der Waals surface area (Å²) in [5.41, 5.74) is -0.0315. The smallest absolute Gasteiger partial charge is 0.408 e. The largest absolute Gasteiger partial charge is 0.447 e. The SMILES string of the molecule is O=C1NC2(CCS(=O)(=O)c3ccccc32)CO1. The summed E-state index contributed by atoms with van der Waals surface area (Å²) in [6.45, 7) is 0.193. The lowest BCUT2D eigenvalue weighted by Gasteiger charge is -2.32. The molecule has 0 aliphatic carbocycles. The first-order chi connectivity index (χ1) is 8.04. The van der Waals surface area contributed by atoms with Crippen molar-refractivity contribution in [3.05, 3.63) is 29.8 Å². The highest BCUT2D eigenvalue weighted by Crippen LogP contribution is 2.39. The number of hydrogen-bond donors (Lipinski definition) is 1. The fourth-order valence-electron chi connectivity index (χ4n) is 2.42. The zero-order valence-corrected chi connectivity index (χ0v) is 9.79. The van der Waals surface area contributed by atoms with E-state index in [2.05, 4.69) is 5.32 Å². The third-order valence-electron chi connectivity index (χ3n) is 3.33. The quantitative estimate of drug-likeness (QED) is 0.742. The van der Waals surface area contributed by atoms with Gasteiger partial charge in [-0.1, -0.05) is 18.2 Å². The van der Waals surface area contributed by atoms with Gasteiger partial charge in [0.15, 0.2) is 9.84 Å². The van der Waals surface area contributed by atoms with Gasteiger partial charge in [-0.05, 0) is 18.1 Å². The molecule has 0 saturated carbocycles. The maximum Gasteiger partial charge on any atom is 0.408 e. The number of hydrogen-bond acceptors (Lipinski definition) is 4. The highest BCUT2D eigenvalue weighted by molar-refractivity contribution is 7.91. The van der Waals surface area contributed by atoms with E-state index in [1.54, 1.807) is 24.3 Å². The van der Waals surface area contributed by atoms with Gasteiger partial charge in [0.25, 0.3) is 0 Å². The predicted molar refractivity (Wildman–Crippen MR) is 59.3 cm³/mol. The third kappa shape index (κ3) is 1.44. The van der Waals surface area contributed by atoms with Crippen LogP contribution in [0.2, 0.25) is 0 Å². The molecule has 1 aromatic rings. The van der Waals surface area contributed by atoms with Gasteiger partial charge >= 0.3 is 6.09 Å². The lowest BCUT2D eigenvalue weighted by molar-refractivity contribution is 0.171. The summed E-state index contributed by atoms with van der Waals surface area (Å²) in [4.78, 5) is 11.5. The zero-order chi connectivity index (χ0) is 12.1. The van der Waals surface area contributed by atoms with E-state index in [9.17, 15) is 13.2 Å². The van der Waals surface area contributed by atoms with Gasteiger partial charge < -0.3 is 10.1 Å². The third-order valence-corrected chi connectivity index (χ3v) is 5.09. The number of carbonyl (C=O) groups is 1. The van der Waals surface area contributed by atoms with Crippen molar-refractivity contribution in [2.45, 2.75) is 16.9 Å². The molecule has 0 aromatic heterocycles. The molecule has 17 heavy (non-hydrogen) atoms. The van der Waals surface area contributed by atoms with E-state index < -0.39 is 21.5 Å². The van der Waals surface area contributed by atoms with E-state index in [0.717, 1.165) is 0 Å². The van der Waals surface area contributed by atoms with Crippen LogP contribution in [0.4, 0.5) is 4.79 Å². The van der Waals surface area contributed by atoms with Crippen LogP contribution in [0.1, 0.15) is 12.0 Å². The van der Waals surface area contributed by atoms with Crippen LogP contribution in [0, 0.1) is 0 Å². The number of rotatable bonds is 0. The Kier molecular flexibility index (Phi) is 2.01. The Morgan fingerprint density at radius 1 is 1.29 bits per heavy atom. The van der Waals surface area contributed by atoms with Gasteiger partial charge in [0.1, 0.15) is 12.1 Å². The standard InChI is InChI=1S/C11H11NO4S/c13-10-12-11(7-16-10)5-6-17(14,15)9-4-2-1-3-8(9)11/h1-4H,5-7H2,(H,12,13). The van der Waals surface area contributed by atoms with E-state index in [4.69, 9.17) is 4.74 Å². The van der Waals surface area contributed by atoms with Crippen molar-refractivity contribution in [2.75, 3.05) is 12.4 Å². The number of nitrogens with one attached hydrogen (secondary N) is 1. The van der Waals surface area contributed by atoms with Gasteiger partial charge in [0.2, 0.25) is 0 Å². The number of ether oxygens (including phenoxy) is 1. The second-order valence-corrected chi connectivity index (χ2v) is 6.43. The van der Waals surface area contributed by atoms with E-state index in [1.165, 1.54) is 0 Å². The molecule has 1 aromatic carbocycles. The summed E-state index contributed by atoms with van der Waals surface area (Å²) >= 11 is 0. The first kappa shape index (κ1) is 10.6. The molecule has 3 rings (SSSR count). The van der Waals surface area contributed by atoms with Gasteiger partial charge in [-0.15, -0.1) is 0 Å². The van der Waals surface area contributed by atoms with E-state index >= 15 is 0 Å². The Hall–Kier alpha value is -1.56. The maximum absolute atomic E-state index is 11.9. The van der Waals surface area contributed by atoms with Gasteiger partial charge in [-0.25, -0.2) is 13.2 Å². The topological polar surface area (TPSA) is 72.5 Å². The van der Waals surface area contributed by atoms with Crippen LogP contribution < -0.4 is 5.32 Å². The molecule has 0 bridgehead atoms. The summed E-state index contributed by atoms with van der Waals surface area (Å²) in [7, 11) is -3.23. The Bertz CT molecular complexity index is 595. The minimum Gasteiger partial charge on any atom is -0.447 e. The number of alkyl carbamates (subject to hydrolysis) is 1. The number of cyclic esters (lactones) is 1. The van der Waals surface area contributed by atoms with Crippen molar-refractivity contribution < 1.29 is 17.9 Å². The first-order valence-corrected chi connectivity index (χ1v) is 6.96. The monoisotopic (exact) mass is 253 g/mol. The van der Waals surface area contributed by atoms with Gasteiger partial charge in [0, 0.05) is 0 Å². The summed E-state index contributed by atoms with van der Waals surface area (Å²) in [6.07, 6.45) is -0.128. The molecular formula is C11H11NO4S. The summed E-state index contributed by atoms with van der Waals surface area (Å²) in [5.74, 6) is 0.0354. The molecule has 90 valence electrons. The molecule has 5 nitrogen and oxygen atoms in total. The molecule has 2 heterocycles. The van der Waals surface area contributed by atoms with Crippen molar-refractivity contribution in [2.24, 2.45) is 0 Å². The molecule has 2 aliphatic heterocycles.